The van der Waals surface area contributed by atoms with Gasteiger partial charge in [-0.15, -0.1) is 0 Å². The van der Waals surface area contributed by atoms with Crippen LogP contribution in [0.4, 0.5) is 0 Å². The minimum absolute atomic E-state index is 0.207. The fraction of sp³-hybridized carbons (Fsp3) is 0.900. The van der Waals surface area contributed by atoms with Crippen LogP contribution >= 0.6 is 0 Å². The summed E-state index contributed by atoms with van der Waals surface area (Å²) in [6, 6.07) is 0.493. The Hall–Kier alpha value is -0.610. The molecule has 0 atom stereocenters. The van der Waals surface area contributed by atoms with E-state index in [1.165, 1.54) is 12.8 Å². The van der Waals surface area contributed by atoms with Gasteiger partial charge in [-0.3, -0.25) is 9.69 Å². The first-order valence-electron chi connectivity index (χ1n) is 5.44. The van der Waals surface area contributed by atoms with E-state index in [9.17, 15) is 4.79 Å². The Morgan fingerprint density at radius 1 is 1.36 bits per heavy atom. The van der Waals surface area contributed by atoms with Crippen molar-refractivity contribution in [2.75, 3.05) is 32.8 Å². The highest BCUT2D eigenvalue weighted by atomic mass is 16.5. The zero-order valence-electron chi connectivity index (χ0n) is 8.50. The van der Waals surface area contributed by atoms with E-state index in [4.69, 9.17) is 4.74 Å². The van der Waals surface area contributed by atoms with Gasteiger partial charge < -0.3 is 10.1 Å². The Kier molecular flexibility index (Phi) is 3.37. The Balaban J connectivity index is 1.57. The van der Waals surface area contributed by atoms with Gasteiger partial charge >= 0.3 is 0 Å². The summed E-state index contributed by atoms with van der Waals surface area (Å²) in [6.07, 6.45) is 2.98. The number of nitrogens with one attached hydrogen (secondary N) is 1. The van der Waals surface area contributed by atoms with Gasteiger partial charge in [0, 0.05) is 32.1 Å². The summed E-state index contributed by atoms with van der Waals surface area (Å²) < 4.78 is 5.24. The Bertz CT molecular complexity index is 198. The van der Waals surface area contributed by atoms with Crippen LogP contribution in [0.25, 0.3) is 0 Å². The van der Waals surface area contributed by atoms with Gasteiger partial charge in [-0.25, -0.2) is 0 Å². The van der Waals surface area contributed by atoms with Crippen LogP contribution in [0.2, 0.25) is 0 Å². The molecular weight excluding hydrogens is 180 g/mol. The fourth-order valence-corrected chi connectivity index (χ4v) is 1.61. The highest BCUT2D eigenvalue weighted by molar-refractivity contribution is 5.76. The highest BCUT2D eigenvalue weighted by Gasteiger charge is 2.23. The Labute approximate surface area is 84.6 Å². The summed E-state index contributed by atoms with van der Waals surface area (Å²) in [5.41, 5.74) is 0. The average Bonchev–Trinajstić information content (AvgIpc) is 3.00. The molecule has 1 aliphatic carbocycles. The number of hydrogen-bond donors (Lipinski definition) is 1. The first-order chi connectivity index (χ1) is 6.84. The molecule has 2 aliphatic rings. The summed E-state index contributed by atoms with van der Waals surface area (Å²) in [7, 11) is 0. The second-order valence-electron chi connectivity index (χ2n) is 4.05. The largest absolute Gasteiger partial charge is 0.379 e. The third-order valence-corrected chi connectivity index (χ3v) is 2.70. The second kappa shape index (κ2) is 4.75. The maximum absolute atomic E-state index is 11.4. The van der Waals surface area contributed by atoms with Crippen molar-refractivity contribution in [3.63, 3.8) is 0 Å². The van der Waals surface area contributed by atoms with Crippen LogP contribution < -0.4 is 5.32 Å². The average molecular weight is 198 g/mol. The smallest absolute Gasteiger partial charge is 0.221 e. The highest BCUT2D eigenvalue weighted by Crippen LogP contribution is 2.18. The molecule has 1 saturated heterocycles. The van der Waals surface area contributed by atoms with E-state index in [1.807, 2.05) is 0 Å². The lowest BCUT2D eigenvalue weighted by Gasteiger charge is -2.26. The SMILES string of the molecule is O=C(CCN1CCOCC1)NC1CC1. The van der Waals surface area contributed by atoms with Crippen molar-refractivity contribution in [3.05, 3.63) is 0 Å². The topological polar surface area (TPSA) is 41.6 Å². The Morgan fingerprint density at radius 2 is 2.07 bits per heavy atom. The van der Waals surface area contributed by atoms with Crippen LogP contribution in [0.1, 0.15) is 19.3 Å². The van der Waals surface area contributed by atoms with E-state index in [1.54, 1.807) is 0 Å². The van der Waals surface area contributed by atoms with Crippen LogP contribution in [0, 0.1) is 0 Å². The number of hydrogen-bond acceptors (Lipinski definition) is 3. The normalized spacial score (nSPS) is 23.4. The molecule has 1 N–H and O–H groups in total. The van der Waals surface area contributed by atoms with Gasteiger partial charge in [-0.2, -0.15) is 0 Å². The van der Waals surface area contributed by atoms with E-state index in [0.717, 1.165) is 32.8 Å². The number of nitrogens with zero attached hydrogens (tertiary/aromatic N) is 1. The van der Waals surface area contributed by atoms with Gasteiger partial charge in [0.1, 0.15) is 0 Å². The molecule has 0 aromatic heterocycles. The molecule has 80 valence electrons. The minimum atomic E-state index is 0.207. The first kappa shape index (κ1) is 9.93. The van der Waals surface area contributed by atoms with Crippen molar-refractivity contribution >= 4 is 5.91 Å². The third kappa shape index (κ3) is 3.27. The standard InChI is InChI=1S/C10H18N2O2/c13-10(11-9-1-2-9)3-4-12-5-7-14-8-6-12/h9H,1-8H2,(H,11,13). The van der Waals surface area contributed by atoms with Gasteiger partial charge in [0.2, 0.25) is 5.91 Å². The maximum Gasteiger partial charge on any atom is 0.221 e. The predicted octanol–water partition coefficient (Wildman–Crippen LogP) is -0.0127. The van der Waals surface area contributed by atoms with Crippen LogP contribution in [-0.2, 0) is 9.53 Å². The molecule has 0 aromatic rings. The third-order valence-electron chi connectivity index (χ3n) is 2.70. The van der Waals surface area contributed by atoms with Gasteiger partial charge in [0.25, 0.3) is 0 Å². The summed E-state index contributed by atoms with van der Waals surface area (Å²) in [5.74, 6) is 0.207. The molecule has 0 spiro atoms. The summed E-state index contributed by atoms with van der Waals surface area (Å²) in [4.78, 5) is 13.7. The zero-order valence-corrected chi connectivity index (χ0v) is 8.50. The molecule has 4 nitrogen and oxygen atoms in total. The van der Waals surface area contributed by atoms with Crippen molar-refractivity contribution in [1.29, 1.82) is 0 Å². The molecule has 14 heavy (non-hydrogen) atoms. The van der Waals surface area contributed by atoms with Crippen LogP contribution in [0.15, 0.2) is 0 Å². The van der Waals surface area contributed by atoms with E-state index in [2.05, 4.69) is 10.2 Å². The first-order valence-corrected chi connectivity index (χ1v) is 5.44. The van der Waals surface area contributed by atoms with Gasteiger partial charge in [0.15, 0.2) is 0 Å². The lowest BCUT2D eigenvalue weighted by atomic mass is 10.3. The summed E-state index contributed by atoms with van der Waals surface area (Å²) in [5, 5.41) is 3.00. The van der Waals surface area contributed by atoms with Crippen molar-refractivity contribution in [3.8, 4) is 0 Å². The molecule has 1 amide bonds. The van der Waals surface area contributed by atoms with Gasteiger partial charge in [-0.05, 0) is 12.8 Å². The van der Waals surface area contributed by atoms with Crippen molar-refractivity contribution < 1.29 is 9.53 Å². The summed E-state index contributed by atoms with van der Waals surface area (Å²) in [6.45, 7) is 4.43. The molecule has 0 aromatic carbocycles. The molecule has 1 saturated carbocycles. The van der Waals surface area contributed by atoms with E-state index >= 15 is 0 Å². The predicted molar refractivity (Wildman–Crippen MR) is 53.0 cm³/mol. The van der Waals surface area contributed by atoms with Crippen molar-refractivity contribution in [2.24, 2.45) is 0 Å². The van der Waals surface area contributed by atoms with Crippen LogP contribution in [0.5, 0.6) is 0 Å². The lowest BCUT2D eigenvalue weighted by Crippen LogP contribution is -2.39. The Morgan fingerprint density at radius 3 is 2.71 bits per heavy atom. The zero-order chi connectivity index (χ0) is 9.80. The molecule has 0 bridgehead atoms. The number of amides is 1. The maximum atomic E-state index is 11.4. The van der Waals surface area contributed by atoms with E-state index in [-0.39, 0.29) is 5.91 Å². The molecule has 0 unspecified atom stereocenters. The van der Waals surface area contributed by atoms with Crippen LogP contribution in [0.3, 0.4) is 0 Å². The second-order valence-corrected chi connectivity index (χ2v) is 4.05. The number of carbonyl (C=O) groups excluding carboxylic acids is 1. The number of rotatable bonds is 4. The van der Waals surface area contributed by atoms with Crippen molar-refractivity contribution in [2.45, 2.75) is 25.3 Å². The molecule has 2 rings (SSSR count). The molecule has 4 heteroatoms. The summed E-state index contributed by atoms with van der Waals surface area (Å²) >= 11 is 0. The molecule has 2 fully saturated rings. The van der Waals surface area contributed by atoms with E-state index in [0.29, 0.717) is 12.5 Å². The van der Waals surface area contributed by atoms with E-state index < -0.39 is 0 Å². The fourth-order valence-electron chi connectivity index (χ4n) is 1.61. The number of carbonyl (C=O) groups is 1. The quantitative estimate of drug-likeness (QED) is 0.690. The number of ether oxygens (including phenoxy) is 1. The molecule has 1 aliphatic heterocycles. The number of morpholine rings is 1. The minimum Gasteiger partial charge on any atom is -0.379 e. The van der Waals surface area contributed by atoms with Crippen LogP contribution in [-0.4, -0.2) is 49.7 Å². The van der Waals surface area contributed by atoms with Gasteiger partial charge in [-0.1, -0.05) is 0 Å². The van der Waals surface area contributed by atoms with Crippen molar-refractivity contribution in [1.82, 2.24) is 10.2 Å². The molecular formula is C10H18N2O2. The molecule has 0 radical (unpaired) electrons. The monoisotopic (exact) mass is 198 g/mol. The lowest BCUT2D eigenvalue weighted by molar-refractivity contribution is -0.121. The molecule has 1 heterocycles. The van der Waals surface area contributed by atoms with Gasteiger partial charge in [0.05, 0.1) is 13.2 Å².